The van der Waals surface area contributed by atoms with Crippen molar-refractivity contribution in [3.05, 3.63) is 23.2 Å². The Morgan fingerprint density at radius 3 is 2.52 bits per heavy atom. The molecule has 1 aliphatic heterocycles. The molecule has 2 fully saturated rings. The highest BCUT2D eigenvalue weighted by molar-refractivity contribution is 6.28. The molecular formula is C14H17ClN6. The summed E-state index contributed by atoms with van der Waals surface area (Å²) in [6, 6.07) is 2.04. The van der Waals surface area contributed by atoms with Gasteiger partial charge in [-0.25, -0.2) is 4.68 Å². The second-order valence-corrected chi connectivity index (χ2v) is 6.05. The average molecular weight is 305 g/mol. The van der Waals surface area contributed by atoms with E-state index in [9.17, 15) is 0 Å². The summed E-state index contributed by atoms with van der Waals surface area (Å²) in [4.78, 5) is 15.2. The quantitative estimate of drug-likeness (QED) is 0.872. The van der Waals surface area contributed by atoms with E-state index >= 15 is 0 Å². The molecule has 1 saturated carbocycles. The number of hydrogen-bond donors (Lipinski definition) is 0. The van der Waals surface area contributed by atoms with Crippen LogP contribution in [0.15, 0.2) is 12.3 Å². The van der Waals surface area contributed by atoms with Crippen LogP contribution in [0.3, 0.4) is 0 Å². The molecule has 0 atom stereocenters. The van der Waals surface area contributed by atoms with Crippen molar-refractivity contribution in [3.63, 3.8) is 0 Å². The van der Waals surface area contributed by atoms with E-state index in [2.05, 4.69) is 25.0 Å². The van der Waals surface area contributed by atoms with Crippen LogP contribution in [0.25, 0.3) is 5.95 Å². The minimum atomic E-state index is 0.226. The largest absolute Gasteiger partial charge is 0.341 e. The Morgan fingerprint density at radius 2 is 1.76 bits per heavy atom. The second kappa shape index (κ2) is 5.26. The molecule has 1 aliphatic carbocycles. The molecule has 0 bridgehead atoms. The maximum atomic E-state index is 6.07. The third-order valence-electron chi connectivity index (χ3n) is 4.03. The Labute approximate surface area is 128 Å². The third kappa shape index (κ3) is 2.72. The minimum absolute atomic E-state index is 0.226. The molecule has 110 valence electrons. The maximum absolute atomic E-state index is 6.07. The third-order valence-corrected chi connectivity index (χ3v) is 4.20. The number of anilines is 1. The molecule has 4 rings (SSSR count). The molecule has 21 heavy (non-hydrogen) atoms. The number of rotatable bonds is 3. The molecule has 0 radical (unpaired) electrons. The van der Waals surface area contributed by atoms with Gasteiger partial charge in [-0.3, -0.25) is 0 Å². The first-order valence-electron chi connectivity index (χ1n) is 7.52. The summed E-state index contributed by atoms with van der Waals surface area (Å²) in [5.74, 6) is 1.78. The zero-order valence-corrected chi connectivity index (χ0v) is 12.5. The average Bonchev–Trinajstić information content (AvgIpc) is 3.25. The first kappa shape index (κ1) is 13.0. The molecule has 2 aliphatic rings. The molecule has 6 nitrogen and oxygen atoms in total. The lowest BCUT2D eigenvalue weighted by Gasteiger charge is -2.26. The number of hydrogen-bond acceptors (Lipinski definition) is 5. The predicted molar refractivity (Wildman–Crippen MR) is 80.0 cm³/mol. The van der Waals surface area contributed by atoms with Crippen molar-refractivity contribution in [2.24, 2.45) is 0 Å². The maximum Gasteiger partial charge on any atom is 0.256 e. The number of aromatic nitrogens is 5. The molecule has 0 spiro atoms. The van der Waals surface area contributed by atoms with Crippen molar-refractivity contribution >= 4 is 17.5 Å². The highest BCUT2D eigenvalue weighted by atomic mass is 35.5. The fourth-order valence-electron chi connectivity index (χ4n) is 2.71. The molecule has 0 N–H and O–H groups in total. The van der Waals surface area contributed by atoms with Gasteiger partial charge in [0.15, 0.2) is 0 Å². The van der Waals surface area contributed by atoms with Crippen LogP contribution < -0.4 is 4.90 Å². The second-order valence-electron chi connectivity index (χ2n) is 5.71. The molecule has 0 amide bonds. The van der Waals surface area contributed by atoms with Gasteiger partial charge >= 0.3 is 0 Å². The van der Waals surface area contributed by atoms with Crippen LogP contribution in [0.2, 0.25) is 5.28 Å². The monoisotopic (exact) mass is 304 g/mol. The van der Waals surface area contributed by atoms with Gasteiger partial charge in [0.05, 0.1) is 5.69 Å². The Morgan fingerprint density at radius 1 is 1.00 bits per heavy atom. The van der Waals surface area contributed by atoms with Crippen molar-refractivity contribution in [2.45, 2.75) is 38.0 Å². The van der Waals surface area contributed by atoms with E-state index < -0.39 is 0 Å². The minimum Gasteiger partial charge on any atom is -0.341 e. The number of piperidine rings is 1. The molecule has 0 unspecified atom stereocenters. The van der Waals surface area contributed by atoms with Crippen molar-refractivity contribution in [1.29, 1.82) is 0 Å². The van der Waals surface area contributed by atoms with Crippen molar-refractivity contribution in [3.8, 4) is 5.95 Å². The van der Waals surface area contributed by atoms with Gasteiger partial charge in [-0.05, 0) is 49.8 Å². The van der Waals surface area contributed by atoms with Gasteiger partial charge in [-0.2, -0.15) is 20.1 Å². The van der Waals surface area contributed by atoms with E-state index in [1.807, 2.05) is 12.3 Å². The van der Waals surface area contributed by atoms with Crippen LogP contribution in [-0.4, -0.2) is 37.8 Å². The molecule has 7 heteroatoms. The van der Waals surface area contributed by atoms with Crippen LogP contribution in [0, 0.1) is 0 Å². The van der Waals surface area contributed by atoms with Crippen LogP contribution >= 0.6 is 11.6 Å². The summed E-state index contributed by atoms with van der Waals surface area (Å²) in [7, 11) is 0. The van der Waals surface area contributed by atoms with Crippen molar-refractivity contribution in [1.82, 2.24) is 24.7 Å². The molecule has 3 heterocycles. The Kier molecular flexibility index (Phi) is 3.25. The molecule has 2 aromatic rings. The molecule has 0 aromatic carbocycles. The zero-order valence-electron chi connectivity index (χ0n) is 11.7. The Balaban J connectivity index is 1.65. The van der Waals surface area contributed by atoms with E-state index in [0.717, 1.165) is 18.8 Å². The normalized spacial score (nSPS) is 19.0. The lowest BCUT2D eigenvalue weighted by atomic mass is 10.1. The Hall–Kier alpha value is -1.69. The van der Waals surface area contributed by atoms with Gasteiger partial charge in [-0.15, -0.1) is 0 Å². The fraction of sp³-hybridized carbons (Fsp3) is 0.571. The van der Waals surface area contributed by atoms with E-state index in [1.54, 1.807) is 4.68 Å². The SMILES string of the molecule is Clc1nc(N2CCCCC2)nc(-n2ccc(C3CC3)n2)n1. The summed E-state index contributed by atoms with van der Waals surface area (Å²) in [6.07, 6.45) is 7.98. The van der Waals surface area contributed by atoms with Crippen LogP contribution in [-0.2, 0) is 0 Å². The summed E-state index contributed by atoms with van der Waals surface area (Å²) in [5, 5.41) is 4.78. The van der Waals surface area contributed by atoms with Gasteiger partial charge in [0, 0.05) is 25.2 Å². The highest BCUT2D eigenvalue weighted by Crippen LogP contribution is 2.38. The van der Waals surface area contributed by atoms with Crippen molar-refractivity contribution in [2.75, 3.05) is 18.0 Å². The number of nitrogens with zero attached hydrogens (tertiary/aromatic N) is 6. The summed E-state index contributed by atoms with van der Waals surface area (Å²) >= 11 is 6.07. The van der Waals surface area contributed by atoms with E-state index in [4.69, 9.17) is 11.6 Å². The van der Waals surface area contributed by atoms with Crippen molar-refractivity contribution < 1.29 is 0 Å². The fourth-order valence-corrected chi connectivity index (χ4v) is 2.86. The van der Waals surface area contributed by atoms with Crippen LogP contribution in [0.5, 0.6) is 0 Å². The van der Waals surface area contributed by atoms with E-state index in [-0.39, 0.29) is 5.28 Å². The predicted octanol–water partition coefficient (Wildman–Crippen LogP) is 2.58. The van der Waals surface area contributed by atoms with Gasteiger partial charge in [0.1, 0.15) is 0 Å². The topological polar surface area (TPSA) is 59.7 Å². The number of halogens is 1. The summed E-state index contributed by atoms with van der Waals surface area (Å²) < 4.78 is 1.70. The van der Waals surface area contributed by atoms with Gasteiger partial charge in [-0.1, -0.05) is 0 Å². The standard InChI is InChI=1S/C14H17ClN6/c15-12-16-13(20-7-2-1-3-8-20)18-14(17-12)21-9-6-11(19-21)10-4-5-10/h6,9-10H,1-5,7-8H2. The van der Waals surface area contributed by atoms with E-state index in [0.29, 0.717) is 17.8 Å². The van der Waals surface area contributed by atoms with E-state index in [1.165, 1.54) is 32.1 Å². The van der Waals surface area contributed by atoms with Gasteiger partial charge in [0.25, 0.3) is 5.95 Å². The molecule has 1 saturated heterocycles. The van der Waals surface area contributed by atoms with Crippen LogP contribution in [0.4, 0.5) is 5.95 Å². The van der Waals surface area contributed by atoms with Gasteiger partial charge < -0.3 is 4.90 Å². The lowest BCUT2D eigenvalue weighted by molar-refractivity contribution is 0.566. The smallest absolute Gasteiger partial charge is 0.256 e. The Bertz CT molecular complexity index is 645. The van der Waals surface area contributed by atoms with Crippen LogP contribution in [0.1, 0.15) is 43.7 Å². The highest BCUT2D eigenvalue weighted by Gasteiger charge is 2.26. The summed E-state index contributed by atoms with van der Waals surface area (Å²) in [5.41, 5.74) is 1.12. The molecule has 2 aromatic heterocycles. The molecular weight excluding hydrogens is 288 g/mol. The lowest BCUT2D eigenvalue weighted by Crippen LogP contribution is -2.31. The summed E-state index contributed by atoms with van der Waals surface area (Å²) in [6.45, 7) is 1.96. The zero-order chi connectivity index (χ0) is 14.2. The first-order valence-corrected chi connectivity index (χ1v) is 7.90. The van der Waals surface area contributed by atoms with Gasteiger partial charge in [0.2, 0.25) is 11.2 Å². The first-order chi connectivity index (χ1) is 10.3.